The molecule has 1 unspecified atom stereocenters. The van der Waals surface area contributed by atoms with Crippen molar-refractivity contribution in [2.45, 2.75) is 26.3 Å². The van der Waals surface area contributed by atoms with Gasteiger partial charge < -0.3 is 4.90 Å². The highest BCUT2D eigenvalue weighted by Gasteiger charge is 2.28. The van der Waals surface area contributed by atoms with Gasteiger partial charge in [0.2, 0.25) is 5.82 Å². The highest BCUT2D eigenvalue weighted by molar-refractivity contribution is 5.61. The predicted octanol–water partition coefficient (Wildman–Crippen LogP) is 1.38. The lowest BCUT2D eigenvalue weighted by Crippen LogP contribution is -2.30. The van der Waals surface area contributed by atoms with E-state index >= 15 is 0 Å². The second kappa shape index (κ2) is 4.82. The van der Waals surface area contributed by atoms with Crippen LogP contribution in [-0.4, -0.2) is 27.8 Å². The van der Waals surface area contributed by atoms with Crippen LogP contribution in [0.4, 0.5) is 11.5 Å². The van der Waals surface area contributed by atoms with Crippen LogP contribution >= 0.6 is 0 Å². The van der Waals surface area contributed by atoms with Crippen molar-refractivity contribution in [1.29, 1.82) is 5.26 Å². The number of nitro groups is 1. The standard InChI is InChI=1S/C10H15N5O2/c1-7(5-6-11)13(3)10-9(15(16)17)8(2)12-14(10)4/h7H,5H2,1-4H3. The van der Waals surface area contributed by atoms with Gasteiger partial charge >= 0.3 is 5.69 Å². The predicted molar refractivity (Wildman–Crippen MR) is 62.7 cm³/mol. The van der Waals surface area contributed by atoms with Crippen LogP contribution in [-0.2, 0) is 7.05 Å². The monoisotopic (exact) mass is 237 g/mol. The average Bonchev–Trinajstić information content (AvgIpc) is 2.52. The van der Waals surface area contributed by atoms with Gasteiger partial charge in [0.05, 0.1) is 17.4 Å². The maximum Gasteiger partial charge on any atom is 0.333 e. The molecule has 0 aliphatic rings. The lowest BCUT2D eigenvalue weighted by molar-refractivity contribution is -0.384. The molecule has 0 aliphatic heterocycles. The highest BCUT2D eigenvalue weighted by atomic mass is 16.6. The number of hydrogen-bond acceptors (Lipinski definition) is 5. The summed E-state index contributed by atoms with van der Waals surface area (Å²) in [5.74, 6) is 0.426. The smallest absolute Gasteiger partial charge is 0.333 e. The number of nitrogens with zero attached hydrogens (tertiary/aromatic N) is 5. The minimum Gasteiger partial charge on any atom is -0.350 e. The molecule has 1 aromatic heterocycles. The Hall–Kier alpha value is -2.10. The molecule has 1 rings (SSSR count). The van der Waals surface area contributed by atoms with Crippen LogP contribution in [0.15, 0.2) is 0 Å². The molecule has 7 nitrogen and oxygen atoms in total. The maximum absolute atomic E-state index is 11.0. The molecule has 0 amide bonds. The van der Waals surface area contributed by atoms with Crippen LogP contribution in [0.2, 0.25) is 0 Å². The zero-order valence-electron chi connectivity index (χ0n) is 10.3. The van der Waals surface area contributed by atoms with Crippen molar-refractivity contribution in [3.8, 4) is 6.07 Å². The van der Waals surface area contributed by atoms with Gasteiger partial charge in [0.15, 0.2) is 0 Å². The Kier molecular flexibility index (Phi) is 3.68. The van der Waals surface area contributed by atoms with Gasteiger partial charge in [-0.15, -0.1) is 0 Å². The topological polar surface area (TPSA) is 88.0 Å². The Bertz CT molecular complexity index is 474. The van der Waals surface area contributed by atoms with E-state index in [2.05, 4.69) is 11.2 Å². The van der Waals surface area contributed by atoms with E-state index in [1.807, 2.05) is 6.92 Å². The third-order valence-corrected chi connectivity index (χ3v) is 2.73. The van der Waals surface area contributed by atoms with Crippen LogP contribution in [0.1, 0.15) is 19.0 Å². The maximum atomic E-state index is 11.0. The molecular weight excluding hydrogens is 222 g/mol. The summed E-state index contributed by atoms with van der Waals surface area (Å²) in [4.78, 5) is 12.3. The normalized spacial score (nSPS) is 11.9. The molecule has 0 fully saturated rings. The van der Waals surface area contributed by atoms with E-state index in [1.54, 1.807) is 25.9 Å². The van der Waals surface area contributed by atoms with Crippen LogP contribution in [0.5, 0.6) is 0 Å². The van der Waals surface area contributed by atoms with E-state index in [0.29, 0.717) is 17.9 Å². The first-order chi connectivity index (χ1) is 7.90. The summed E-state index contributed by atoms with van der Waals surface area (Å²) in [6.07, 6.45) is 0.303. The first-order valence-electron chi connectivity index (χ1n) is 5.17. The molecule has 0 saturated heterocycles. The van der Waals surface area contributed by atoms with E-state index in [9.17, 15) is 10.1 Å². The van der Waals surface area contributed by atoms with Crippen LogP contribution in [0, 0.1) is 28.4 Å². The molecular formula is C10H15N5O2. The number of aromatic nitrogens is 2. The highest BCUT2D eigenvalue weighted by Crippen LogP contribution is 2.31. The average molecular weight is 237 g/mol. The van der Waals surface area contributed by atoms with Gasteiger partial charge in [0.25, 0.3) is 0 Å². The molecule has 0 bridgehead atoms. The summed E-state index contributed by atoms with van der Waals surface area (Å²) in [6.45, 7) is 3.44. The molecule has 0 N–H and O–H groups in total. The Balaban J connectivity index is 3.21. The molecule has 92 valence electrons. The summed E-state index contributed by atoms with van der Waals surface area (Å²) >= 11 is 0. The fourth-order valence-electron chi connectivity index (χ4n) is 1.72. The Morgan fingerprint density at radius 3 is 2.76 bits per heavy atom. The molecule has 0 saturated carbocycles. The van der Waals surface area contributed by atoms with Crippen molar-refractivity contribution >= 4 is 11.5 Å². The summed E-state index contributed by atoms with van der Waals surface area (Å²) in [5, 5.41) is 23.7. The molecule has 1 heterocycles. The van der Waals surface area contributed by atoms with Crippen molar-refractivity contribution in [2.24, 2.45) is 7.05 Å². The molecule has 7 heteroatoms. The second-order valence-corrected chi connectivity index (χ2v) is 3.96. The van der Waals surface area contributed by atoms with Crippen molar-refractivity contribution in [2.75, 3.05) is 11.9 Å². The first-order valence-corrected chi connectivity index (χ1v) is 5.17. The summed E-state index contributed by atoms with van der Waals surface area (Å²) in [5.41, 5.74) is 0.378. The quantitative estimate of drug-likeness (QED) is 0.583. The summed E-state index contributed by atoms with van der Waals surface area (Å²) < 4.78 is 1.47. The van der Waals surface area contributed by atoms with Crippen molar-refractivity contribution < 1.29 is 4.92 Å². The van der Waals surface area contributed by atoms with E-state index in [4.69, 9.17) is 5.26 Å². The van der Waals surface area contributed by atoms with Gasteiger partial charge in [-0.25, -0.2) is 4.68 Å². The fourth-order valence-corrected chi connectivity index (χ4v) is 1.72. The molecule has 0 spiro atoms. The lowest BCUT2D eigenvalue weighted by atomic mass is 10.2. The molecule has 0 aliphatic carbocycles. The summed E-state index contributed by atoms with van der Waals surface area (Å²) in [6, 6.07) is 1.95. The Morgan fingerprint density at radius 1 is 1.71 bits per heavy atom. The third kappa shape index (κ3) is 2.36. The van der Waals surface area contributed by atoms with Gasteiger partial charge in [0, 0.05) is 20.1 Å². The Labute approximate surface area is 99.4 Å². The SMILES string of the molecule is Cc1nn(C)c(N(C)C(C)CC#N)c1[N+](=O)[O-]. The van der Waals surface area contributed by atoms with Gasteiger partial charge in [-0.2, -0.15) is 10.4 Å². The molecule has 0 radical (unpaired) electrons. The zero-order chi connectivity index (χ0) is 13.2. The largest absolute Gasteiger partial charge is 0.350 e. The van der Waals surface area contributed by atoms with E-state index in [1.165, 1.54) is 4.68 Å². The third-order valence-electron chi connectivity index (χ3n) is 2.73. The van der Waals surface area contributed by atoms with Crippen molar-refractivity contribution in [1.82, 2.24) is 9.78 Å². The number of hydrogen-bond donors (Lipinski definition) is 0. The van der Waals surface area contributed by atoms with Gasteiger partial charge in [-0.05, 0) is 13.8 Å². The number of nitriles is 1. The number of aryl methyl sites for hydroxylation is 2. The lowest BCUT2D eigenvalue weighted by Gasteiger charge is -2.23. The minimum atomic E-state index is -0.437. The van der Waals surface area contributed by atoms with Crippen LogP contribution in [0.3, 0.4) is 0 Å². The second-order valence-electron chi connectivity index (χ2n) is 3.96. The number of anilines is 1. The first kappa shape index (κ1) is 13.0. The molecule has 17 heavy (non-hydrogen) atoms. The van der Waals surface area contributed by atoms with Gasteiger partial charge in [-0.1, -0.05) is 0 Å². The summed E-state index contributed by atoms with van der Waals surface area (Å²) in [7, 11) is 3.39. The van der Waals surface area contributed by atoms with E-state index < -0.39 is 4.92 Å². The Morgan fingerprint density at radius 2 is 2.29 bits per heavy atom. The van der Waals surface area contributed by atoms with Gasteiger partial charge in [-0.3, -0.25) is 10.1 Å². The molecule has 1 atom stereocenters. The fraction of sp³-hybridized carbons (Fsp3) is 0.600. The zero-order valence-corrected chi connectivity index (χ0v) is 10.3. The van der Waals surface area contributed by atoms with Crippen molar-refractivity contribution in [3.63, 3.8) is 0 Å². The van der Waals surface area contributed by atoms with Crippen molar-refractivity contribution in [3.05, 3.63) is 15.8 Å². The molecule has 0 aromatic carbocycles. The van der Waals surface area contributed by atoms with Gasteiger partial charge in [0.1, 0.15) is 5.69 Å². The number of rotatable bonds is 4. The molecule has 1 aromatic rings. The van der Waals surface area contributed by atoms with Crippen LogP contribution < -0.4 is 4.90 Å². The van der Waals surface area contributed by atoms with E-state index in [-0.39, 0.29) is 11.7 Å². The van der Waals surface area contributed by atoms with E-state index in [0.717, 1.165) is 0 Å². The van der Waals surface area contributed by atoms with Crippen LogP contribution in [0.25, 0.3) is 0 Å². The minimum absolute atomic E-state index is 0.000195.